The third kappa shape index (κ3) is 5.52. The van der Waals surface area contributed by atoms with E-state index in [0.717, 1.165) is 16.9 Å². The number of rotatable bonds is 8. The second-order valence-corrected chi connectivity index (χ2v) is 11.4. The largest absolute Gasteiger partial charge is 0.497 e. The van der Waals surface area contributed by atoms with Gasteiger partial charge in [-0.25, -0.2) is 8.42 Å². The van der Waals surface area contributed by atoms with Crippen LogP contribution in [0.1, 0.15) is 25.3 Å². The Labute approximate surface area is 192 Å². The van der Waals surface area contributed by atoms with Crippen molar-refractivity contribution in [2.45, 2.75) is 30.5 Å². The molecule has 1 atom stereocenters. The molecule has 1 fully saturated rings. The Kier molecular flexibility index (Phi) is 7.85. The Morgan fingerprint density at radius 2 is 1.94 bits per heavy atom. The molecule has 0 unspecified atom stereocenters. The van der Waals surface area contributed by atoms with Crippen molar-refractivity contribution in [2.75, 3.05) is 27.3 Å². The molecule has 31 heavy (non-hydrogen) atoms. The van der Waals surface area contributed by atoms with Gasteiger partial charge in [0.25, 0.3) is 10.0 Å². The van der Waals surface area contributed by atoms with E-state index >= 15 is 0 Å². The van der Waals surface area contributed by atoms with E-state index in [2.05, 4.69) is 5.32 Å². The van der Waals surface area contributed by atoms with Crippen LogP contribution in [0.5, 0.6) is 11.5 Å². The number of nitrogens with one attached hydrogen (secondary N) is 1. The van der Waals surface area contributed by atoms with Gasteiger partial charge in [0.1, 0.15) is 15.7 Å². The maximum atomic E-state index is 12.8. The van der Waals surface area contributed by atoms with E-state index in [9.17, 15) is 13.2 Å². The van der Waals surface area contributed by atoms with Crippen molar-refractivity contribution < 1.29 is 22.7 Å². The molecule has 1 aromatic carbocycles. The third-order valence-corrected chi connectivity index (χ3v) is 9.31. The minimum atomic E-state index is -3.53. The molecule has 1 saturated heterocycles. The standard InChI is InChI=1S/C21H27ClN2O5S2/c1-14(21(25)23-13-16-4-5-17(28-2)12-18(16)29-3)15-8-10-24(11-9-15)31(26,27)20-7-6-19(22)30-20/h4-7,12,14-15H,8-11,13H2,1-3H3,(H,23,25)/t14-/m1/s1. The lowest BCUT2D eigenvalue weighted by Crippen LogP contribution is -2.42. The van der Waals surface area contributed by atoms with Gasteiger partial charge in [0.15, 0.2) is 0 Å². The van der Waals surface area contributed by atoms with E-state index in [1.165, 1.54) is 10.4 Å². The lowest BCUT2D eigenvalue weighted by molar-refractivity contribution is -0.126. The van der Waals surface area contributed by atoms with E-state index in [0.29, 0.717) is 48.3 Å². The number of halogens is 1. The highest BCUT2D eigenvalue weighted by Crippen LogP contribution is 2.32. The van der Waals surface area contributed by atoms with Crippen LogP contribution in [-0.4, -0.2) is 45.9 Å². The zero-order valence-corrected chi connectivity index (χ0v) is 20.1. The SMILES string of the molecule is COc1ccc(CNC(=O)[C@H](C)C2CCN(S(=O)(=O)c3ccc(Cl)s3)CC2)c(OC)c1. The summed E-state index contributed by atoms with van der Waals surface area (Å²) in [7, 11) is -0.362. The van der Waals surface area contributed by atoms with E-state index in [1.807, 2.05) is 19.1 Å². The fraction of sp³-hybridized carbons (Fsp3) is 0.476. The molecule has 1 aliphatic heterocycles. The van der Waals surface area contributed by atoms with Gasteiger partial charge in [0, 0.05) is 37.2 Å². The number of nitrogens with zero attached hydrogens (tertiary/aromatic N) is 1. The number of carbonyl (C=O) groups is 1. The topological polar surface area (TPSA) is 84.9 Å². The number of amides is 1. The summed E-state index contributed by atoms with van der Waals surface area (Å²) in [6.07, 6.45) is 1.28. The number of sulfonamides is 1. The van der Waals surface area contributed by atoms with Crippen molar-refractivity contribution >= 4 is 38.9 Å². The fourth-order valence-electron chi connectivity index (χ4n) is 3.74. The highest BCUT2D eigenvalue weighted by atomic mass is 35.5. The van der Waals surface area contributed by atoms with Gasteiger partial charge in [-0.15, -0.1) is 11.3 Å². The van der Waals surface area contributed by atoms with E-state index in [4.69, 9.17) is 21.1 Å². The second kappa shape index (κ2) is 10.2. The van der Waals surface area contributed by atoms with Gasteiger partial charge >= 0.3 is 0 Å². The van der Waals surface area contributed by atoms with Gasteiger partial charge in [-0.1, -0.05) is 18.5 Å². The van der Waals surface area contributed by atoms with E-state index in [-0.39, 0.29) is 22.0 Å². The zero-order chi connectivity index (χ0) is 22.6. The fourth-order valence-corrected chi connectivity index (χ4v) is 6.84. The summed E-state index contributed by atoms with van der Waals surface area (Å²) in [5, 5.41) is 2.97. The van der Waals surface area contributed by atoms with Crippen LogP contribution in [0.3, 0.4) is 0 Å². The molecule has 10 heteroatoms. The van der Waals surface area contributed by atoms with Crippen molar-refractivity contribution in [2.24, 2.45) is 11.8 Å². The molecule has 0 radical (unpaired) electrons. The Balaban J connectivity index is 1.54. The van der Waals surface area contributed by atoms with Crippen molar-refractivity contribution in [1.82, 2.24) is 9.62 Å². The number of hydrogen-bond donors (Lipinski definition) is 1. The first-order valence-corrected chi connectivity index (χ1v) is 12.6. The first-order chi connectivity index (χ1) is 14.8. The number of hydrogen-bond acceptors (Lipinski definition) is 6. The highest BCUT2D eigenvalue weighted by Gasteiger charge is 2.34. The molecule has 1 N–H and O–H groups in total. The molecule has 0 aliphatic carbocycles. The quantitative estimate of drug-likeness (QED) is 0.614. The smallest absolute Gasteiger partial charge is 0.252 e. The normalized spacial score (nSPS) is 16.6. The maximum Gasteiger partial charge on any atom is 0.252 e. The average Bonchev–Trinajstić information content (AvgIpc) is 3.24. The van der Waals surface area contributed by atoms with Crippen molar-refractivity contribution in [1.29, 1.82) is 0 Å². The Hall–Kier alpha value is -1.81. The number of ether oxygens (including phenoxy) is 2. The van der Waals surface area contributed by atoms with Gasteiger partial charge < -0.3 is 14.8 Å². The Bertz CT molecular complexity index is 1020. The summed E-state index contributed by atoms with van der Waals surface area (Å²) in [5.41, 5.74) is 0.861. The predicted octanol–water partition coefficient (Wildman–Crippen LogP) is 3.77. The molecule has 1 amide bonds. The number of carbonyl (C=O) groups excluding carboxylic acids is 1. The van der Waals surface area contributed by atoms with Crippen LogP contribution in [0.25, 0.3) is 0 Å². The summed E-state index contributed by atoms with van der Waals surface area (Å²) >= 11 is 6.95. The van der Waals surface area contributed by atoms with Gasteiger partial charge in [0.2, 0.25) is 5.91 Å². The molecule has 0 bridgehead atoms. The predicted molar refractivity (Wildman–Crippen MR) is 121 cm³/mol. The summed E-state index contributed by atoms with van der Waals surface area (Å²) < 4.78 is 38.3. The zero-order valence-electron chi connectivity index (χ0n) is 17.8. The summed E-state index contributed by atoms with van der Waals surface area (Å²) in [6.45, 7) is 3.04. The molecule has 1 aliphatic rings. The van der Waals surface area contributed by atoms with Crippen LogP contribution in [0.15, 0.2) is 34.5 Å². The summed E-state index contributed by atoms with van der Waals surface area (Å²) in [6, 6.07) is 8.60. The average molecular weight is 487 g/mol. The van der Waals surface area contributed by atoms with Crippen LogP contribution >= 0.6 is 22.9 Å². The minimum absolute atomic E-state index is 0.0517. The van der Waals surface area contributed by atoms with Crippen LogP contribution < -0.4 is 14.8 Å². The van der Waals surface area contributed by atoms with E-state index < -0.39 is 10.0 Å². The summed E-state index contributed by atoms with van der Waals surface area (Å²) in [5.74, 6) is 1.19. The van der Waals surface area contributed by atoms with Crippen LogP contribution in [0, 0.1) is 11.8 Å². The van der Waals surface area contributed by atoms with E-state index in [1.54, 1.807) is 26.4 Å². The van der Waals surface area contributed by atoms with Gasteiger partial charge in [-0.3, -0.25) is 4.79 Å². The van der Waals surface area contributed by atoms with Crippen LogP contribution in [0.2, 0.25) is 4.34 Å². The van der Waals surface area contributed by atoms with Gasteiger partial charge in [-0.05, 0) is 43.0 Å². The monoisotopic (exact) mass is 486 g/mol. The number of thiophene rings is 1. The molecule has 0 saturated carbocycles. The van der Waals surface area contributed by atoms with Crippen LogP contribution in [0.4, 0.5) is 0 Å². The number of benzene rings is 1. The first kappa shape index (κ1) is 23.8. The molecular formula is C21H27ClN2O5S2. The molecule has 0 spiro atoms. The minimum Gasteiger partial charge on any atom is -0.497 e. The molecular weight excluding hydrogens is 460 g/mol. The summed E-state index contributed by atoms with van der Waals surface area (Å²) in [4.78, 5) is 12.7. The van der Waals surface area contributed by atoms with Gasteiger partial charge in [-0.2, -0.15) is 4.31 Å². The maximum absolute atomic E-state index is 12.8. The van der Waals surface area contributed by atoms with Crippen LogP contribution in [-0.2, 0) is 21.4 Å². The molecule has 3 rings (SSSR count). The molecule has 170 valence electrons. The molecule has 2 heterocycles. The van der Waals surface area contributed by atoms with Crippen molar-refractivity contribution in [3.63, 3.8) is 0 Å². The highest BCUT2D eigenvalue weighted by molar-refractivity contribution is 7.91. The first-order valence-electron chi connectivity index (χ1n) is 10.0. The molecule has 2 aromatic rings. The van der Waals surface area contributed by atoms with Crippen molar-refractivity contribution in [3.05, 3.63) is 40.2 Å². The Morgan fingerprint density at radius 1 is 1.23 bits per heavy atom. The lowest BCUT2D eigenvalue weighted by atomic mass is 9.85. The second-order valence-electron chi connectivity index (χ2n) is 7.48. The number of piperidine rings is 1. The molecule has 1 aromatic heterocycles. The van der Waals surface area contributed by atoms with Gasteiger partial charge in [0.05, 0.1) is 18.6 Å². The van der Waals surface area contributed by atoms with Crippen molar-refractivity contribution in [3.8, 4) is 11.5 Å². The Morgan fingerprint density at radius 3 is 2.52 bits per heavy atom. The third-order valence-electron chi connectivity index (χ3n) is 5.71. The molecule has 7 nitrogen and oxygen atoms in total. The lowest BCUT2D eigenvalue weighted by Gasteiger charge is -2.33. The number of methoxy groups -OCH3 is 2.